The molecule has 0 saturated carbocycles. The van der Waals surface area contributed by atoms with E-state index in [4.69, 9.17) is 0 Å². The highest BCUT2D eigenvalue weighted by atomic mass is 16.4. The van der Waals surface area contributed by atoms with Crippen molar-refractivity contribution in [1.29, 1.82) is 0 Å². The van der Waals surface area contributed by atoms with Crippen molar-refractivity contribution >= 4 is 17.6 Å². The normalized spacial score (nSPS) is 32.6. The van der Waals surface area contributed by atoms with Crippen molar-refractivity contribution in [2.75, 3.05) is 18.0 Å². The second-order valence-corrected chi connectivity index (χ2v) is 6.86. The maximum Gasteiger partial charge on any atom is 0.309 e. The topological polar surface area (TPSA) is 60.9 Å². The van der Waals surface area contributed by atoms with E-state index in [2.05, 4.69) is 4.90 Å². The molecule has 2 fully saturated rings. The molecule has 5 nitrogen and oxygen atoms in total. The molecular formula is C18H22N2O3. The zero-order chi connectivity index (χ0) is 16.2. The van der Waals surface area contributed by atoms with Crippen LogP contribution in [-0.2, 0) is 15.1 Å². The van der Waals surface area contributed by atoms with Crippen LogP contribution < -0.4 is 4.90 Å². The first-order valence-corrected chi connectivity index (χ1v) is 8.53. The summed E-state index contributed by atoms with van der Waals surface area (Å²) in [6.45, 7) is 3.50. The largest absolute Gasteiger partial charge is 0.481 e. The van der Waals surface area contributed by atoms with E-state index in [0.717, 1.165) is 37.1 Å². The van der Waals surface area contributed by atoms with Crippen molar-refractivity contribution in [3.05, 3.63) is 29.8 Å². The van der Waals surface area contributed by atoms with E-state index in [9.17, 15) is 14.7 Å². The molecule has 0 aliphatic carbocycles. The Morgan fingerprint density at radius 1 is 1.39 bits per heavy atom. The minimum absolute atomic E-state index is 0.0302. The van der Waals surface area contributed by atoms with Gasteiger partial charge in [-0.15, -0.1) is 0 Å². The van der Waals surface area contributed by atoms with Crippen LogP contribution in [0.3, 0.4) is 0 Å². The molecule has 1 N–H and O–H groups in total. The monoisotopic (exact) mass is 314 g/mol. The zero-order valence-corrected chi connectivity index (χ0v) is 13.4. The highest BCUT2D eigenvalue weighted by Gasteiger charge is 2.67. The van der Waals surface area contributed by atoms with Crippen molar-refractivity contribution in [2.45, 2.75) is 44.2 Å². The number of benzene rings is 1. The second-order valence-electron chi connectivity index (χ2n) is 6.86. The van der Waals surface area contributed by atoms with Crippen molar-refractivity contribution in [2.24, 2.45) is 5.92 Å². The summed E-state index contributed by atoms with van der Waals surface area (Å²) in [5.74, 6) is -1.53. The van der Waals surface area contributed by atoms with Gasteiger partial charge in [0.25, 0.3) is 5.91 Å². The van der Waals surface area contributed by atoms with Gasteiger partial charge in [-0.25, -0.2) is 0 Å². The second kappa shape index (κ2) is 5.06. The Bertz CT molecular complexity index is 674. The molecule has 2 saturated heterocycles. The van der Waals surface area contributed by atoms with Gasteiger partial charge in [-0.1, -0.05) is 25.1 Å². The summed E-state index contributed by atoms with van der Waals surface area (Å²) < 4.78 is 0. The van der Waals surface area contributed by atoms with E-state index < -0.39 is 17.4 Å². The molecule has 3 aliphatic rings. The molecule has 1 amide bonds. The lowest BCUT2D eigenvalue weighted by Gasteiger charge is -2.36. The van der Waals surface area contributed by atoms with Gasteiger partial charge in [-0.2, -0.15) is 0 Å². The maximum atomic E-state index is 13.5. The van der Waals surface area contributed by atoms with Crippen LogP contribution in [-0.4, -0.2) is 41.0 Å². The summed E-state index contributed by atoms with van der Waals surface area (Å²) >= 11 is 0. The number of rotatable bonds is 3. The van der Waals surface area contributed by atoms with E-state index in [0.29, 0.717) is 13.0 Å². The lowest BCUT2D eigenvalue weighted by atomic mass is 9.79. The molecule has 0 aromatic heterocycles. The number of carboxylic acids is 1. The van der Waals surface area contributed by atoms with Gasteiger partial charge in [-0.05, 0) is 38.3 Å². The van der Waals surface area contributed by atoms with Gasteiger partial charge < -0.3 is 10.0 Å². The fraction of sp³-hybridized carbons (Fsp3) is 0.556. The molecule has 4 rings (SSSR count). The van der Waals surface area contributed by atoms with Crippen molar-refractivity contribution in [1.82, 2.24) is 4.90 Å². The number of hydrogen-bond acceptors (Lipinski definition) is 3. The van der Waals surface area contributed by atoms with Crippen molar-refractivity contribution < 1.29 is 14.7 Å². The Balaban J connectivity index is 1.94. The molecule has 5 heteroatoms. The standard InChI is InChI=1S/C18H22N2O3/c1-2-9-19-15-8-4-3-7-13(15)18(17(19)23)14(16(21)22)11-12-6-5-10-20(12)18/h3-4,7-8,12,14H,2,5-6,9-11H2,1H3,(H,21,22). The predicted molar refractivity (Wildman–Crippen MR) is 86.2 cm³/mol. The SMILES string of the molecule is CCCN1C(=O)C2(c3ccccc31)C(C(=O)O)CC1CCCN12. The first-order chi connectivity index (χ1) is 11.1. The number of anilines is 1. The number of carboxylic acid groups (broad SMARTS) is 1. The van der Waals surface area contributed by atoms with Gasteiger partial charge in [0.2, 0.25) is 0 Å². The Morgan fingerprint density at radius 3 is 2.91 bits per heavy atom. The average molecular weight is 314 g/mol. The molecule has 3 heterocycles. The fourth-order valence-corrected chi connectivity index (χ4v) is 4.99. The van der Waals surface area contributed by atoms with Crippen LogP contribution in [0.25, 0.3) is 0 Å². The molecule has 1 spiro atoms. The van der Waals surface area contributed by atoms with Crippen LogP contribution in [0.15, 0.2) is 24.3 Å². The zero-order valence-electron chi connectivity index (χ0n) is 13.4. The molecule has 1 aromatic carbocycles. The van der Waals surface area contributed by atoms with E-state index in [1.54, 1.807) is 0 Å². The Hall–Kier alpha value is -1.88. The minimum Gasteiger partial charge on any atom is -0.481 e. The van der Waals surface area contributed by atoms with E-state index >= 15 is 0 Å². The van der Waals surface area contributed by atoms with E-state index in [1.807, 2.05) is 36.1 Å². The average Bonchev–Trinajstić information content (AvgIpc) is 3.17. The number of hydrogen-bond donors (Lipinski definition) is 1. The molecule has 1 aromatic rings. The number of para-hydroxylation sites is 1. The maximum absolute atomic E-state index is 13.5. The number of carbonyl (C=O) groups excluding carboxylic acids is 1. The molecule has 23 heavy (non-hydrogen) atoms. The van der Waals surface area contributed by atoms with Crippen LogP contribution in [0.5, 0.6) is 0 Å². The molecule has 122 valence electrons. The summed E-state index contributed by atoms with van der Waals surface area (Å²) in [4.78, 5) is 29.5. The molecule has 0 bridgehead atoms. The fourth-order valence-electron chi connectivity index (χ4n) is 4.99. The van der Waals surface area contributed by atoms with Gasteiger partial charge in [0.15, 0.2) is 0 Å². The molecule has 3 atom stereocenters. The lowest BCUT2D eigenvalue weighted by Crippen LogP contribution is -2.54. The van der Waals surface area contributed by atoms with Crippen LogP contribution in [0.2, 0.25) is 0 Å². The third-order valence-corrected chi connectivity index (χ3v) is 5.76. The smallest absolute Gasteiger partial charge is 0.309 e. The first kappa shape index (κ1) is 14.7. The van der Waals surface area contributed by atoms with Gasteiger partial charge >= 0.3 is 5.97 Å². The Morgan fingerprint density at radius 2 is 2.17 bits per heavy atom. The number of nitrogens with zero attached hydrogens (tertiary/aromatic N) is 2. The van der Waals surface area contributed by atoms with E-state index in [1.165, 1.54) is 0 Å². The van der Waals surface area contributed by atoms with Gasteiger partial charge in [0, 0.05) is 23.8 Å². The Kier molecular flexibility index (Phi) is 3.23. The van der Waals surface area contributed by atoms with Gasteiger partial charge in [0.1, 0.15) is 5.54 Å². The first-order valence-electron chi connectivity index (χ1n) is 8.53. The van der Waals surface area contributed by atoms with Crippen molar-refractivity contribution in [3.63, 3.8) is 0 Å². The predicted octanol–water partition coefficient (Wildman–Crippen LogP) is 2.21. The summed E-state index contributed by atoms with van der Waals surface area (Å²) in [5.41, 5.74) is 0.812. The van der Waals surface area contributed by atoms with Crippen LogP contribution in [0.4, 0.5) is 5.69 Å². The quantitative estimate of drug-likeness (QED) is 0.929. The van der Waals surface area contributed by atoms with Crippen LogP contribution in [0.1, 0.15) is 38.2 Å². The molecule has 3 aliphatic heterocycles. The van der Waals surface area contributed by atoms with Crippen molar-refractivity contribution in [3.8, 4) is 0 Å². The number of aliphatic carboxylic acids is 1. The Labute approximate surface area is 135 Å². The van der Waals surface area contributed by atoms with Crippen LogP contribution >= 0.6 is 0 Å². The number of amides is 1. The highest BCUT2D eigenvalue weighted by molar-refractivity contribution is 6.10. The highest BCUT2D eigenvalue weighted by Crippen LogP contribution is 2.56. The summed E-state index contributed by atoms with van der Waals surface area (Å²) in [5, 5.41) is 9.86. The van der Waals surface area contributed by atoms with Gasteiger partial charge in [-0.3, -0.25) is 14.5 Å². The number of fused-ring (bicyclic) bond motifs is 4. The summed E-state index contributed by atoms with van der Waals surface area (Å²) in [7, 11) is 0. The molecule has 0 radical (unpaired) electrons. The summed E-state index contributed by atoms with van der Waals surface area (Å²) in [6.07, 6.45) is 3.48. The third-order valence-electron chi connectivity index (χ3n) is 5.76. The van der Waals surface area contributed by atoms with Crippen LogP contribution in [0, 0.1) is 5.92 Å². The number of carbonyl (C=O) groups is 2. The van der Waals surface area contributed by atoms with E-state index in [-0.39, 0.29) is 11.9 Å². The third kappa shape index (κ3) is 1.71. The molecule has 3 unspecified atom stereocenters. The van der Waals surface area contributed by atoms with Gasteiger partial charge in [0.05, 0.1) is 5.92 Å². The lowest BCUT2D eigenvalue weighted by molar-refractivity contribution is -0.150. The summed E-state index contributed by atoms with van der Waals surface area (Å²) in [6, 6.07) is 7.99. The minimum atomic E-state index is -0.987. The molecular weight excluding hydrogens is 292 g/mol.